The van der Waals surface area contributed by atoms with E-state index in [1.54, 1.807) is 17.5 Å². The van der Waals surface area contributed by atoms with Gasteiger partial charge in [-0.3, -0.25) is 0 Å². The molecule has 4 heteroatoms. The smallest absolute Gasteiger partial charge is 0.177 e. The number of rotatable bonds is 1. The molecule has 0 atom stereocenters. The lowest BCUT2D eigenvalue weighted by Gasteiger charge is -1.70. The van der Waals surface area contributed by atoms with Crippen molar-refractivity contribution in [3.63, 3.8) is 0 Å². The Morgan fingerprint density at radius 3 is 2.50 bits per heavy atom. The zero-order valence-corrected chi connectivity index (χ0v) is 5.61. The average molecular weight is 148 g/mol. The van der Waals surface area contributed by atoms with Crippen LogP contribution in [0.15, 0.2) is 21.7 Å². The molecule has 1 heterocycles. The molecule has 0 N–H and O–H groups in total. The van der Waals surface area contributed by atoms with Crippen LogP contribution in [0, 0.1) is 0 Å². The molecule has 0 spiro atoms. The van der Waals surface area contributed by atoms with Gasteiger partial charge in [-0.2, -0.15) is 0 Å². The minimum Gasteiger partial charge on any atom is -0.226 e. The molecule has 44 valence electrons. The Morgan fingerprint density at radius 2 is 2.25 bits per heavy atom. The topological polar surface area (TPSA) is 34.1 Å². The first kappa shape index (κ1) is 5.78. The first-order valence-electron chi connectivity index (χ1n) is 1.98. The first-order chi connectivity index (χ1) is 3.80. The largest absolute Gasteiger partial charge is 0.226 e. The predicted octanol–water partition coefficient (Wildman–Crippen LogP) is 0.718. The molecule has 1 aromatic rings. The van der Waals surface area contributed by atoms with Crippen molar-refractivity contribution in [3.8, 4) is 0 Å². The summed E-state index contributed by atoms with van der Waals surface area (Å²) in [5.74, 6) is 0. The minimum absolute atomic E-state index is 0.431. The molecular formula is C4H4O2S2. The van der Waals surface area contributed by atoms with Crippen LogP contribution in [0.5, 0.6) is 0 Å². The van der Waals surface area contributed by atoms with Crippen molar-refractivity contribution < 1.29 is 8.42 Å². The van der Waals surface area contributed by atoms with Gasteiger partial charge in [-0.1, -0.05) is 6.07 Å². The summed E-state index contributed by atoms with van der Waals surface area (Å²) in [4.78, 5) is 0. The highest BCUT2D eigenvalue weighted by Gasteiger charge is 1.90. The highest BCUT2D eigenvalue weighted by molar-refractivity contribution is 7.75. The van der Waals surface area contributed by atoms with Gasteiger partial charge < -0.3 is 0 Å². The molecule has 8 heavy (non-hydrogen) atoms. The van der Waals surface area contributed by atoms with Crippen LogP contribution < -0.4 is 0 Å². The van der Waals surface area contributed by atoms with Crippen molar-refractivity contribution in [1.82, 2.24) is 0 Å². The Bertz CT molecular complexity index is 214. The third-order valence-corrected chi connectivity index (χ3v) is 2.63. The molecule has 0 aliphatic carbocycles. The van der Waals surface area contributed by atoms with Crippen LogP contribution in [0.3, 0.4) is 0 Å². The summed E-state index contributed by atoms with van der Waals surface area (Å²) < 4.78 is 20.6. The van der Waals surface area contributed by atoms with Crippen LogP contribution in [0.1, 0.15) is 0 Å². The lowest BCUT2D eigenvalue weighted by Crippen LogP contribution is -1.66. The number of hydrogen-bond acceptors (Lipinski definition) is 3. The lowest BCUT2D eigenvalue weighted by atomic mass is 10.7. The monoisotopic (exact) mass is 148 g/mol. The fraction of sp³-hybridized carbons (Fsp3) is 0. The van der Waals surface area contributed by atoms with Crippen molar-refractivity contribution in [2.45, 2.75) is 4.21 Å². The van der Waals surface area contributed by atoms with Crippen molar-refractivity contribution in [1.29, 1.82) is 0 Å². The van der Waals surface area contributed by atoms with E-state index in [0.717, 1.165) is 0 Å². The standard InChI is InChI=1S/C4H4O2S2/c5-8(6)4-2-1-3-7-4/h1-3,8H. The van der Waals surface area contributed by atoms with Gasteiger partial charge in [-0.05, 0) is 11.4 Å². The van der Waals surface area contributed by atoms with E-state index in [1.165, 1.54) is 11.3 Å². The molecule has 0 aromatic carbocycles. The van der Waals surface area contributed by atoms with Gasteiger partial charge in [0.25, 0.3) is 0 Å². The minimum atomic E-state index is -2.34. The van der Waals surface area contributed by atoms with Crippen molar-refractivity contribution in [2.75, 3.05) is 0 Å². The van der Waals surface area contributed by atoms with Gasteiger partial charge in [0.1, 0.15) is 4.21 Å². The summed E-state index contributed by atoms with van der Waals surface area (Å²) in [7, 11) is -2.34. The molecule has 1 aromatic heterocycles. The van der Waals surface area contributed by atoms with Crippen LogP contribution in [-0.2, 0) is 10.7 Å². The van der Waals surface area contributed by atoms with E-state index in [9.17, 15) is 8.42 Å². The second-order valence-corrected chi connectivity index (χ2v) is 3.45. The molecule has 0 fully saturated rings. The maximum atomic E-state index is 10.1. The first-order valence-corrected chi connectivity index (χ1v) is 4.04. The van der Waals surface area contributed by atoms with Crippen LogP contribution in [0.2, 0.25) is 0 Å². The van der Waals surface area contributed by atoms with Gasteiger partial charge in [-0.15, -0.1) is 11.3 Å². The molecule has 0 unspecified atom stereocenters. The van der Waals surface area contributed by atoms with E-state index in [4.69, 9.17) is 0 Å². The van der Waals surface area contributed by atoms with E-state index in [1.807, 2.05) is 0 Å². The summed E-state index contributed by atoms with van der Waals surface area (Å²) in [6.45, 7) is 0. The van der Waals surface area contributed by atoms with Crippen LogP contribution >= 0.6 is 11.3 Å². The third kappa shape index (κ3) is 1.08. The summed E-state index contributed by atoms with van der Waals surface area (Å²) in [5, 5.41) is 1.74. The Kier molecular flexibility index (Phi) is 1.65. The fourth-order valence-electron chi connectivity index (χ4n) is 0.374. The summed E-state index contributed by atoms with van der Waals surface area (Å²) >= 11 is 1.23. The van der Waals surface area contributed by atoms with E-state index < -0.39 is 10.7 Å². The second kappa shape index (κ2) is 2.28. The van der Waals surface area contributed by atoms with Crippen LogP contribution in [0.4, 0.5) is 0 Å². The van der Waals surface area contributed by atoms with Gasteiger partial charge >= 0.3 is 0 Å². The van der Waals surface area contributed by atoms with Gasteiger partial charge in [0.15, 0.2) is 10.7 Å². The summed E-state index contributed by atoms with van der Waals surface area (Å²) in [6, 6.07) is 3.29. The van der Waals surface area contributed by atoms with E-state index >= 15 is 0 Å². The highest BCUT2D eigenvalue weighted by atomic mass is 32.2. The number of thiophene rings is 1. The molecule has 2 nitrogen and oxygen atoms in total. The number of thiol groups is 1. The van der Waals surface area contributed by atoms with Gasteiger partial charge in [0.05, 0.1) is 0 Å². The van der Waals surface area contributed by atoms with Gasteiger partial charge in [0, 0.05) is 0 Å². The molecule has 0 saturated carbocycles. The Balaban J connectivity index is 3.11. The molecule has 0 radical (unpaired) electrons. The maximum absolute atomic E-state index is 10.1. The molecule has 0 aliphatic rings. The van der Waals surface area contributed by atoms with Crippen molar-refractivity contribution >= 4 is 22.0 Å². The fourth-order valence-corrected chi connectivity index (χ4v) is 1.56. The Labute approximate surface area is 52.7 Å². The average Bonchev–Trinajstić information content (AvgIpc) is 2.12. The lowest BCUT2D eigenvalue weighted by molar-refractivity contribution is 0.616. The molecule has 0 aliphatic heterocycles. The zero-order valence-electron chi connectivity index (χ0n) is 3.90. The van der Waals surface area contributed by atoms with E-state index in [2.05, 4.69) is 0 Å². The normalized spacial score (nSPS) is 10.1. The highest BCUT2D eigenvalue weighted by Crippen LogP contribution is 2.08. The number of hydrogen-bond donors (Lipinski definition) is 1. The molecule has 0 saturated heterocycles. The van der Waals surface area contributed by atoms with Crippen molar-refractivity contribution in [2.24, 2.45) is 0 Å². The van der Waals surface area contributed by atoms with Gasteiger partial charge in [0.2, 0.25) is 0 Å². The van der Waals surface area contributed by atoms with Gasteiger partial charge in [-0.25, -0.2) is 8.42 Å². The molecule has 0 amide bonds. The molecule has 0 bridgehead atoms. The van der Waals surface area contributed by atoms with Crippen LogP contribution in [-0.4, -0.2) is 8.42 Å². The Hall–Kier alpha value is -0.350. The maximum Gasteiger partial charge on any atom is 0.177 e. The van der Waals surface area contributed by atoms with E-state index in [0.29, 0.717) is 4.21 Å². The summed E-state index contributed by atoms with van der Waals surface area (Å²) in [6.07, 6.45) is 0. The quantitative estimate of drug-likeness (QED) is 0.595. The van der Waals surface area contributed by atoms with Crippen LogP contribution in [0.25, 0.3) is 0 Å². The molecular weight excluding hydrogens is 144 g/mol. The SMILES string of the molecule is O=[SH](=O)c1cccs1. The molecule has 1 rings (SSSR count). The third-order valence-electron chi connectivity index (χ3n) is 0.686. The second-order valence-electron chi connectivity index (χ2n) is 1.21. The Morgan fingerprint density at radius 1 is 1.50 bits per heavy atom. The van der Waals surface area contributed by atoms with Crippen molar-refractivity contribution in [3.05, 3.63) is 17.5 Å². The zero-order chi connectivity index (χ0) is 5.98. The predicted molar refractivity (Wildman–Crippen MR) is 32.9 cm³/mol. The van der Waals surface area contributed by atoms with E-state index in [-0.39, 0.29) is 0 Å². The summed E-state index contributed by atoms with van der Waals surface area (Å²) in [5.41, 5.74) is 0.